The predicted octanol–water partition coefficient (Wildman–Crippen LogP) is 6.89. The summed E-state index contributed by atoms with van der Waals surface area (Å²) < 4.78 is 12.6. The SMILES string of the molecule is CCOc1cc(C=C(C#N)c2ccc(Cl)cc2)cc(I)c1OCc1ccc([N+](=O)[O-])cc1. The molecule has 0 aliphatic heterocycles. The van der Waals surface area contributed by atoms with Gasteiger partial charge >= 0.3 is 0 Å². The lowest BCUT2D eigenvalue weighted by Crippen LogP contribution is -2.02. The molecule has 0 unspecified atom stereocenters. The van der Waals surface area contributed by atoms with Crippen LogP contribution in [-0.4, -0.2) is 11.5 Å². The van der Waals surface area contributed by atoms with E-state index in [0.717, 1.165) is 20.3 Å². The van der Waals surface area contributed by atoms with Gasteiger partial charge in [-0.3, -0.25) is 10.1 Å². The van der Waals surface area contributed by atoms with Gasteiger partial charge in [-0.25, -0.2) is 0 Å². The highest BCUT2D eigenvalue weighted by atomic mass is 127. The lowest BCUT2D eigenvalue weighted by Gasteiger charge is -2.15. The highest BCUT2D eigenvalue weighted by Gasteiger charge is 2.13. The Balaban J connectivity index is 1.87. The van der Waals surface area contributed by atoms with Crippen LogP contribution >= 0.6 is 34.2 Å². The topological polar surface area (TPSA) is 85.4 Å². The minimum atomic E-state index is -0.438. The summed E-state index contributed by atoms with van der Waals surface area (Å²) in [4.78, 5) is 10.4. The molecule has 6 nitrogen and oxygen atoms in total. The molecule has 32 heavy (non-hydrogen) atoms. The highest BCUT2D eigenvalue weighted by molar-refractivity contribution is 14.1. The first-order chi connectivity index (χ1) is 15.4. The number of non-ortho nitro benzene ring substituents is 1. The van der Waals surface area contributed by atoms with Crippen LogP contribution in [0.2, 0.25) is 5.02 Å². The van der Waals surface area contributed by atoms with E-state index in [1.807, 2.05) is 19.1 Å². The molecule has 3 rings (SSSR count). The molecule has 0 heterocycles. The molecular weight excluding hydrogens is 543 g/mol. The molecule has 0 fully saturated rings. The Morgan fingerprint density at radius 1 is 1.16 bits per heavy atom. The third kappa shape index (κ3) is 5.99. The van der Waals surface area contributed by atoms with E-state index >= 15 is 0 Å². The van der Waals surface area contributed by atoms with Gasteiger partial charge in [0.1, 0.15) is 6.61 Å². The van der Waals surface area contributed by atoms with Gasteiger partial charge in [0.05, 0.1) is 26.7 Å². The number of ether oxygens (including phenoxy) is 2. The Bertz CT molecular complexity index is 1190. The molecule has 3 aromatic rings. The van der Waals surface area contributed by atoms with Crippen molar-refractivity contribution in [2.75, 3.05) is 6.61 Å². The molecule has 162 valence electrons. The average Bonchev–Trinajstić information content (AvgIpc) is 2.78. The molecule has 0 amide bonds. The number of nitriles is 1. The number of halogens is 2. The standard InChI is InChI=1S/C24H18ClIN2O4/c1-2-31-23-13-17(11-19(14-27)18-5-7-20(25)8-6-18)12-22(26)24(23)32-15-16-3-9-21(10-4-16)28(29)30/h3-13H,2,15H2,1H3. The maximum atomic E-state index is 10.8. The van der Waals surface area contributed by atoms with Crippen molar-refractivity contribution in [3.05, 3.63) is 96.1 Å². The fourth-order valence-corrected chi connectivity index (χ4v) is 3.83. The van der Waals surface area contributed by atoms with E-state index in [1.54, 1.807) is 42.5 Å². The second-order valence-corrected chi connectivity index (χ2v) is 8.25. The van der Waals surface area contributed by atoms with Crippen molar-refractivity contribution in [1.29, 1.82) is 5.26 Å². The third-order valence-corrected chi connectivity index (χ3v) is 5.50. The smallest absolute Gasteiger partial charge is 0.269 e. The van der Waals surface area contributed by atoms with Gasteiger partial charge in [0.15, 0.2) is 11.5 Å². The van der Waals surface area contributed by atoms with Crippen LogP contribution in [-0.2, 0) is 6.61 Å². The molecule has 3 aromatic carbocycles. The number of allylic oxidation sites excluding steroid dienone is 1. The van der Waals surface area contributed by atoms with Gasteiger partial charge in [-0.15, -0.1) is 0 Å². The maximum Gasteiger partial charge on any atom is 0.269 e. The van der Waals surface area contributed by atoms with E-state index in [4.69, 9.17) is 21.1 Å². The summed E-state index contributed by atoms with van der Waals surface area (Å²) >= 11 is 8.11. The first-order valence-electron chi connectivity index (χ1n) is 9.61. The van der Waals surface area contributed by atoms with E-state index < -0.39 is 4.92 Å². The average molecular weight is 561 g/mol. The molecule has 0 spiro atoms. The summed E-state index contributed by atoms with van der Waals surface area (Å²) in [5.74, 6) is 1.13. The zero-order chi connectivity index (χ0) is 23.1. The highest BCUT2D eigenvalue weighted by Crippen LogP contribution is 2.36. The van der Waals surface area contributed by atoms with Crippen molar-refractivity contribution in [2.45, 2.75) is 13.5 Å². The van der Waals surface area contributed by atoms with Gasteiger partial charge in [-0.1, -0.05) is 23.7 Å². The van der Waals surface area contributed by atoms with Crippen molar-refractivity contribution in [1.82, 2.24) is 0 Å². The van der Waals surface area contributed by atoms with Crippen LogP contribution in [0.4, 0.5) is 5.69 Å². The summed E-state index contributed by atoms with van der Waals surface area (Å²) in [6, 6.07) is 19.2. The van der Waals surface area contributed by atoms with Crippen LogP contribution in [0, 0.1) is 25.0 Å². The fraction of sp³-hybridized carbons (Fsp3) is 0.125. The molecular formula is C24H18ClIN2O4. The normalized spacial score (nSPS) is 11.0. The molecule has 0 aliphatic carbocycles. The number of benzene rings is 3. The summed E-state index contributed by atoms with van der Waals surface area (Å²) in [5, 5.41) is 21.0. The molecule has 0 radical (unpaired) electrons. The summed E-state index contributed by atoms with van der Waals surface area (Å²) in [6.07, 6.45) is 1.79. The van der Waals surface area contributed by atoms with Gasteiger partial charge < -0.3 is 9.47 Å². The van der Waals surface area contributed by atoms with Crippen molar-refractivity contribution in [3.8, 4) is 17.6 Å². The lowest BCUT2D eigenvalue weighted by atomic mass is 10.0. The van der Waals surface area contributed by atoms with Gasteiger partial charge in [-0.05, 0) is 88.7 Å². The number of rotatable bonds is 8. The molecule has 8 heteroatoms. The molecule has 0 N–H and O–H groups in total. The van der Waals surface area contributed by atoms with Crippen LogP contribution in [0.3, 0.4) is 0 Å². The Morgan fingerprint density at radius 2 is 1.84 bits per heavy atom. The van der Waals surface area contributed by atoms with Gasteiger partial charge in [0, 0.05) is 17.2 Å². The summed E-state index contributed by atoms with van der Waals surface area (Å²) in [6.45, 7) is 2.56. The molecule has 0 atom stereocenters. The van der Waals surface area contributed by atoms with Crippen LogP contribution in [0.25, 0.3) is 11.6 Å². The Labute approximate surface area is 204 Å². The van der Waals surface area contributed by atoms with Gasteiger partial charge in [-0.2, -0.15) is 5.26 Å². The number of hydrogen-bond donors (Lipinski definition) is 0. The first kappa shape index (κ1) is 23.6. The molecule has 0 bridgehead atoms. The molecule has 0 aliphatic rings. The van der Waals surface area contributed by atoms with Crippen LogP contribution in [0.5, 0.6) is 11.5 Å². The van der Waals surface area contributed by atoms with Gasteiger partial charge in [0.2, 0.25) is 0 Å². The van der Waals surface area contributed by atoms with Crippen molar-refractivity contribution >= 4 is 51.5 Å². The van der Waals surface area contributed by atoms with Crippen LogP contribution < -0.4 is 9.47 Å². The molecule has 0 saturated carbocycles. The Kier molecular flexibility index (Phi) is 8.09. The van der Waals surface area contributed by atoms with Crippen LogP contribution in [0.1, 0.15) is 23.6 Å². The number of nitrogens with zero attached hydrogens (tertiary/aromatic N) is 2. The lowest BCUT2D eigenvalue weighted by molar-refractivity contribution is -0.384. The first-order valence-corrected chi connectivity index (χ1v) is 11.1. The minimum Gasteiger partial charge on any atom is -0.490 e. The van der Waals surface area contributed by atoms with Crippen molar-refractivity contribution in [3.63, 3.8) is 0 Å². The number of hydrogen-bond acceptors (Lipinski definition) is 5. The maximum absolute atomic E-state index is 10.8. The van der Waals surface area contributed by atoms with E-state index in [2.05, 4.69) is 28.7 Å². The van der Waals surface area contributed by atoms with E-state index in [9.17, 15) is 15.4 Å². The Morgan fingerprint density at radius 3 is 2.44 bits per heavy atom. The second kappa shape index (κ2) is 11.0. The molecule has 0 saturated heterocycles. The van der Waals surface area contributed by atoms with E-state index in [1.165, 1.54) is 12.1 Å². The van der Waals surface area contributed by atoms with Gasteiger partial charge in [0.25, 0.3) is 5.69 Å². The minimum absolute atomic E-state index is 0.0310. The molecule has 0 aromatic heterocycles. The van der Waals surface area contributed by atoms with Crippen LogP contribution in [0.15, 0.2) is 60.7 Å². The zero-order valence-corrected chi connectivity index (χ0v) is 20.0. The summed E-state index contributed by atoms with van der Waals surface area (Å²) in [5.41, 5.74) is 2.89. The van der Waals surface area contributed by atoms with Crippen molar-refractivity contribution < 1.29 is 14.4 Å². The summed E-state index contributed by atoms with van der Waals surface area (Å²) in [7, 11) is 0. The largest absolute Gasteiger partial charge is 0.490 e. The number of nitro benzene ring substituents is 1. The van der Waals surface area contributed by atoms with E-state index in [-0.39, 0.29) is 12.3 Å². The Hall–Kier alpha value is -3.09. The van der Waals surface area contributed by atoms with E-state index in [0.29, 0.717) is 28.7 Å². The third-order valence-electron chi connectivity index (χ3n) is 4.45. The second-order valence-electron chi connectivity index (χ2n) is 6.65. The quantitative estimate of drug-likeness (QED) is 0.0984. The zero-order valence-electron chi connectivity index (χ0n) is 17.0. The predicted molar refractivity (Wildman–Crippen MR) is 133 cm³/mol. The van der Waals surface area contributed by atoms with Crippen molar-refractivity contribution in [2.24, 2.45) is 0 Å². The monoisotopic (exact) mass is 560 g/mol. The number of nitro groups is 1. The fourth-order valence-electron chi connectivity index (χ4n) is 2.92.